The molecular formula is C26H31N3. The minimum absolute atomic E-state index is 0.0126. The Labute approximate surface area is 173 Å². The van der Waals surface area contributed by atoms with Gasteiger partial charge in [-0.1, -0.05) is 36.4 Å². The number of nitrogens with zero attached hydrogens (tertiary/aromatic N) is 1. The van der Waals surface area contributed by atoms with E-state index in [4.69, 9.17) is 0 Å². The van der Waals surface area contributed by atoms with Gasteiger partial charge < -0.3 is 14.9 Å². The Bertz CT molecular complexity index is 1090. The van der Waals surface area contributed by atoms with Gasteiger partial charge in [0.25, 0.3) is 0 Å². The maximum Gasteiger partial charge on any atom is 0.0510 e. The second-order valence-corrected chi connectivity index (χ2v) is 9.12. The number of aromatic nitrogens is 2. The first-order chi connectivity index (χ1) is 14.0. The fraction of sp³-hybridized carbons (Fsp3) is 0.385. The number of hydrogen-bond donors (Lipinski definition) is 2. The van der Waals surface area contributed by atoms with Gasteiger partial charge in [-0.3, -0.25) is 0 Å². The van der Waals surface area contributed by atoms with Gasteiger partial charge in [0.2, 0.25) is 0 Å². The molecular weight excluding hydrogens is 354 g/mol. The molecule has 0 unspecified atom stereocenters. The zero-order valence-corrected chi connectivity index (χ0v) is 18.0. The van der Waals surface area contributed by atoms with Crippen LogP contribution in [-0.4, -0.2) is 35.0 Å². The van der Waals surface area contributed by atoms with Gasteiger partial charge in [0.05, 0.1) is 5.41 Å². The Balaban J connectivity index is 1.73. The van der Waals surface area contributed by atoms with Crippen molar-refractivity contribution in [3.05, 3.63) is 71.0 Å². The van der Waals surface area contributed by atoms with Gasteiger partial charge in [0.15, 0.2) is 0 Å². The highest BCUT2D eigenvalue weighted by atomic mass is 15.1. The average molecular weight is 386 g/mol. The second kappa shape index (κ2) is 6.77. The molecule has 0 radical (unpaired) electrons. The summed E-state index contributed by atoms with van der Waals surface area (Å²) in [6.45, 7) is 4.60. The van der Waals surface area contributed by atoms with E-state index in [1.165, 1.54) is 57.2 Å². The van der Waals surface area contributed by atoms with Crippen LogP contribution in [0.2, 0.25) is 0 Å². The van der Waals surface area contributed by atoms with Crippen molar-refractivity contribution in [2.24, 2.45) is 0 Å². The summed E-state index contributed by atoms with van der Waals surface area (Å²) in [5.41, 5.74) is 8.14. The van der Waals surface area contributed by atoms with Crippen LogP contribution in [0.3, 0.4) is 0 Å². The van der Waals surface area contributed by atoms with Gasteiger partial charge in [-0.25, -0.2) is 0 Å². The minimum atomic E-state index is 0.0126. The third-order valence-corrected chi connectivity index (χ3v) is 7.43. The van der Waals surface area contributed by atoms with Crippen molar-refractivity contribution in [2.75, 3.05) is 14.1 Å². The second-order valence-electron chi connectivity index (χ2n) is 9.12. The maximum absolute atomic E-state index is 3.85. The number of hydrogen-bond acceptors (Lipinski definition) is 1. The van der Waals surface area contributed by atoms with E-state index in [9.17, 15) is 0 Å². The zero-order chi connectivity index (χ0) is 20.2. The van der Waals surface area contributed by atoms with Crippen molar-refractivity contribution >= 4 is 21.8 Å². The molecule has 0 amide bonds. The molecule has 3 heteroatoms. The minimum Gasteiger partial charge on any atom is -0.357 e. The monoisotopic (exact) mass is 385 g/mol. The molecule has 1 fully saturated rings. The number of aryl methyl sites for hydroxylation is 2. The van der Waals surface area contributed by atoms with Gasteiger partial charge in [-0.2, -0.15) is 0 Å². The molecule has 0 saturated heterocycles. The van der Waals surface area contributed by atoms with Gasteiger partial charge in [-0.05, 0) is 76.9 Å². The van der Waals surface area contributed by atoms with E-state index in [-0.39, 0.29) is 5.41 Å². The summed E-state index contributed by atoms with van der Waals surface area (Å²) in [7, 11) is 4.44. The van der Waals surface area contributed by atoms with Crippen molar-refractivity contribution in [1.82, 2.24) is 14.9 Å². The summed E-state index contributed by atoms with van der Waals surface area (Å²) in [5, 5.41) is 2.70. The molecule has 0 spiro atoms. The van der Waals surface area contributed by atoms with Crippen LogP contribution in [0.4, 0.5) is 0 Å². The van der Waals surface area contributed by atoms with Gasteiger partial charge in [0.1, 0.15) is 0 Å². The van der Waals surface area contributed by atoms with Crippen molar-refractivity contribution in [2.45, 2.75) is 51.0 Å². The van der Waals surface area contributed by atoms with Gasteiger partial charge in [-0.15, -0.1) is 0 Å². The van der Waals surface area contributed by atoms with Crippen molar-refractivity contribution in [3.8, 4) is 0 Å². The first-order valence-electron chi connectivity index (χ1n) is 10.8. The summed E-state index contributed by atoms with van der Waals surface area (Å²) in [5.74, 6) is 0. The highest BCUT2D eigenvalue weighted by molar-refractivity contribution is 5.87. The summed E-state index contributed by atoms with van der Waals surface area (Å²) in [6, 6.07) is 18.2. The smallest absolute Gasteiger partial charge is 0.0510 e. The maximum atomic E-state index is 3.85. The molecule has 2 aromatic carbocycles. The number of benzene rings is 2. The quantitative estimate of drug-likeness (QED) is 0.442. The van der Waals surface area contributed by atoms with E-state index in [0.29, 0.717) is 6.04 Å². The van der Waals surface area contributed by atoms with Crippen LogP contribution in [-0.2, 0) is 5.41 Å². The SMILES string of the molecule is Cc1c(C2(c3[nH]c4ccccc4c3C)CCC(N(C)C)CC2)[nH]c2ccccc12. The first-order valence-corrected chi connectivity index (χ1v) is 10.8. The summed E-state index contributed by atoms with van der Waals surface area (Å²) in [6.07, 6.45) is 4.77. The standard InChI is InChI=1S/C26H31N3/c1-17-20-9-5-7-11-22(20)27-24(17)26(15-13-19(14-16-26)29(3)4)25-18(2)21-10-6-8-12-23(21)28-25/h5-12,19,27-28H,13-16H2,1-4H3. The molecule has 2 aromatic heterocycles. The third kappa shape index (κ3) is 2.75. The molecule has 0 atom stereocenters. The molecule has 3 nitrogen and oxygen atoms in total. The normalized spacial score (nSPS) is 17.6. The van der Waals surface area contributed by atoms with Crippen LogP contribution in [0.1, 0.15) is 48.2 Å². The summed E-state index contributed by atoms with van der Waals surface area (Å²) < 4.78 is 0. The molecule has 150 valence electrons. The summed E-state index contributed by atoms with van der Waals surface area (Å²) >= 11 is 0. The van der Waals surface area contributed by atoms with Gasteiger partial charge in [0, 0.05) is 39.2 Å². The highest BCUT2D eigenvalue weighted by Crippen LogP contribution is 2.49. The Morgan fingerprint density at radius 1 is 0.759 bits per heavy atom. The lowest BCUT2D eigenvalue weighted by molar-refractivity contribution is 0.185. The van der Waals surface area contributed by atoms with Crippen LogP contribution in [0.25, 0.3) is 21.8 Å². The number of fused-ring (bicyclic) bond motifs is 2. The van der Waals surface area contributed by atoms with E-state index < -0.39 is 0 Å². The van der Waals surface area contributed by atoms with Crippen LogP contribution in [0.15, 0.2) is 48.5 Å². The highest BCUT2D eigenvalue weighted by Gasteiger charge is 2.43. The molecule has 2 heterocycles. The van der Waals surface area contributed by atoms with E-state index >= 15 is 0 Å². The Morgan fingerprint density at radius 2 is 1.21 bits per heavy atom. The van der Waals surface area contributed by atoms with Crippen molar-refractivity contribution in [3.63, 3.8) is 0 Å². The molecule has 0 bridgehead atoms. The number of H-pyrrole nitrogens is 2. The number of rotatable bonds is 3. The molecule has 29 heavy (non-hydrogen) atoms. The molecule has 1 aliphatic rings. The average Bonchev–Trinajstić information content (AvgIpc) is 3.27. The molecule has 0 aliphatic heterocycles. The number of aromatic amines is 2. The zero-order valence-electron chi connectivity index (χ0n) is 18.0. The lowest BCUT2D eigenvalue weighted by Crippen LogP contribution is -2.41. The fourth-order valence-electron chi connectivity index (χ4n) is 5.76. The molecule has 1 aliphatic carbocycles. The van der Waals surface area contributed by atoms with Crippen LogP contribution in [0.5, 0.6) is 0 Å². The fourth-order valence-corrected chi connectivity index (χ4v) is 5.76. The Hall–Kier alpha value is -2.52. The number of nitrogens with one attached hydrogen (secondary N) is 2. The lowest BCUT2D eigenvalue weighted by atomic mass is 9.66. The third-order valence-electron chi connectivity index (χ3n) is 7.43. The topological polar surface area (TPSA) is 34.8 Å². The number of para-hydroxylation sites is 2. The first kappa shape index (κ1) is 18.5. The van der Waals surface area contributed by atoms with Gasteiger partial charge >= 0.3 is 0 Å². The Morgan fingerprint density at radius 3 is 1.62 bits per heavy atom. The molecule has 1 saturated carbocycles. The predicted molar refractivity (Wildman–Crippen MR) is 123 cm³/mol. The predicted octanol–water partition coefficient (Wildman–Crippen LogP) is 6.06. The molecule has 4 aromatic rings. The van der Waals surface area contributed by atoms with Crippen molar-refractivity contribution < 1.29 is 0 Å². The lowest BCUT2D eigenvalue weighted by Gasteiger charge is -2.42. The van der Waals surface area contributed by atoms with Crippen LogP contribution >= 0.6 is 0 Å². The van der Waals surface area contributed by atoms with E-state index in [1.807, 2.05) is 0 Å². The molecule has 5 rings (SSSR count). The molecule has 2 N–H and O–H groups in total. The van der Waals surface area contributed by atoms with E-state index in [1.54, 1.807) is 0 Å². The van der Waals surface area contributed by atoms with Crippen LogP contribution < -0.4 is 0 Å². The van der Waals surface area contributed by atoms with E-state index in [0.717, 1.165) is 12.8 Å². The largest absolute Gasteiger partial charge is 0.357 e. The van der Waals surface area contributed by atoms with Crippen molar-refractivity contribution in [1.29, 1.82) is 0 Å². The Kier molecular flexibility index (Phi) is 4.32. The summed E-state index contributed by atoms with van der Waals surface area (Å²) in [4.78, 5) is 10.1. The van der Waals surface area contributed by atoms with Crippen LogP contribution in [0, 0.1) is 13.8 Å². The van der Waals surface area contributed by atoms with E-state index in [2.05, 4.69) is 91.3 Å².